The Kier molecular flexibility index (Phi) is 5.06. The predicted molar refractivity (Wildman–Crippen MR) is 41.0 cm³/mol. The van der Waals surface area contributed by atoms with Crippen LogP contribution in [0.15, 0.2) is 0 Å². The number of hydrogen-bond donors (Lipinski definition) is 2. The molecule has 0 bridgehead atoms. The summed E-state index contributed by atoms with van der Waals surface area (Å²) in [5, 5.41) is 6.85. The lowest BCUT2D eigenvalue weighted by Crippen LogP contribution is -2.31. The molecule has 0 aromatic heterocycles. The van der Waals surface area contributed by atoms with E-state index in [0.717, 1.165) is 4.42 Å². The van der Waals surface area contributed by atoms with Crippen LogP contribution in [0, 0.1) is 5.41 Å². The highest BCUT2D eigenvalue weighted by Gasteiger charge is 1.99. The van der Waals surface area contributed by atoms with Gasteiger partial charge in [0, 0.05) is 18.4 Å². The first-order valence-electron chi connectivity index (χ1n) is 3.03. The van der Waals surface area contributed by atoms with Crippen LogP contribution in [0.3, 0.4) is 0 Å². The minimum absolute atomic E-state index is 0.152. The molecule has 0 saturated heterocycles. The molecule has 0 aliphatic carbocycles. The molecule has 0 aromatic carbocycles. The minimum Gasteiger partial charge on any atom is -0.380 e. The summed E-state index contributed by atoms with van der Waals surface area (Å²) in [5.74, 6) is -0.152. The Labute approximate surface area is 65.5 Å². The monoisotopic (exact) mass is 165 g/mol. The molecule has 0 radical (unpaired) electrons. The zero-order chi connectivity index (χ0) is 7.98. The van der Waals surface area contributed by atoms with Crippen LogP contribution in [0.4, 0.5) is 0 Å². The van der Waals surface area contributed by atoms with Gasteiger partial charge in [0.15, 0.2) is 0 Å². The standard InChI is InChI=1S/C5H12ClN3O/c1-2-10-4-3-9(6)5(7)8/h2-4H2,1H3,(H3,7,8). The van der Waals surface area contributed by atoms with Crippen LogP contribution in [-0.4, -0.2) is 30.1 Å². The third-order valence-electron chi connectivity index (χ3n) is 0.897. The van der Waals surface area contributed by atoms with Crippen LogP contribution in [0.1, 0.15) is 6.92 Å². The number of ether oxygens (including phenoxy) is 1. The molecule has 0 aliphatic rings. The summed E-state index contributed by atoms with van der Waals surface area (Å²) in [6.07, 6.45) is 0. The molecule has 0 rings (SSSR count). The number of rotatable bonds is 4. The van der Waals surface area contributed by atoms with Crippen LogP contribution in [0.25, 0.3) is 0 Å². The fourth-order valence-electron chi connectivity index (χ4n) is 0.409. The van der Waals surface area contributed by atoms with Gasteiger partial charge in [0.05, 0.1) is 13.2 Å². The van der Waals surface area contributed by atoms with Gasteiger partial charge in [-0.3, -0.25) is 9.83 Å². The van der Waals surface area contributed by atoms with Crippen molar-refractivity contribution in [2.24, 2.45) is 5.73 Å². The van der Waals surface area contributed by atoms with Crippen molar-refractivity contribution in [1.82, 2.24) is 4.42 Å². The van der Waals surface area contributed by atoms with Crippen LogP contribution < -0.4 is 5.73 Å². The normalized spacial score (nSPS) is 9.40. The maximum Gasteiger partial charge on any atom is 0.203 e. The van der Waals surface area contributed by atoms with Gasteiger partial charge in [0.25, 0.3) is 0 Å². The van der Waals surface area contributed by atoms with Crippen LogP contribution in [0.2, 0.25) is 0 Å². The maximum atomic E-state index is 6.85. The van der Waals surface area contributed by atoms with Crippen LogP contribution in [-0.2, 0) is 4.74 Å². The van der Waals surface area contributed by atoms with Gasteiger partial charge >= 0.3 is 0 Å². The summed E-state index contributed by atoms with van der Waals surface area (Å²) in [4.78, 5) is 0. The molecule has 60 valence electrons. The summed E-state index contributed by atoms with van der Waals surface area (Å²) in [5.41, 5.74) is 5.04. The van der Waals surface area contributed by atoms with E-state index in [-0.39, 0.29) is 5.96 Å². The van der Waals surface area contributed by atoms with Gasteiger partial charge in [-0.25, -0.2) is 0 Å². The zero-order valence-electron chi connectivity index (χ0n) is 5.93. The summed E-state index contributed by atoms with van der Waals surface area (Å²) in [7, 11) is 0. The van der Waals surface area contributed by atoms with Gasteiger partial charge in [-0.15, -0.1) is 0 Å². The van der Waals surface area contributed by atoms with Crippen molar-refractivity contribution in [2.45, 2.75) is 6.92 Å². The topological polar surface area (TPSA) is 62.3 Å². The number of hydrogen-bond acceptors (Lipinski definition) is 2. The van der Waals surface area contributed by atoms with Crippen molar-refractivity contribution < 1.29 is 4.74 Å². The first-order chi connectivity index (χ1) is 4.68. The largest absolute Gasteiger partial charge is 0.380 e. The SMILES string of the molecule is CCOCCN(Cl)C(=N)N. The van der Waals surface area contributed by atoms with Gasteiger partial charge in [-0.05, 0) is 6.92 Å². The molecule has 0 aromatic rings. The number of nitrogens with zero attached hydrogens (tertiary/aromatic N) is 1. The average molecular weight is 166 g/mol. The van der Waals surface area contributed by atoms with E-state index in [9.17, 15) is 0 Å². The van der Waals surface area contributed by atoms with E-state index in [1.807, 2.05) is 6.92 Å². The zero-order valence-corrected chi connectivity index (χ0v) is 6.69. The van der Waals surface area contributed by atoms with Gasteiger partial charge in [-0.1, -0.05) is 0 Å². The summed E-state index contributed by atoms with van der Waals surface area (Å²) in [6.45, 7) is 3.50. The van der Waals surface area contributed by atoms with E-state index in [2.05, 4.69) is 0 Å². The second kappa shape index (κ2) is 5.32. The van der Waals surface area contributed by atoms with Gasteiger partial charge in [0.1, 0.15) is 0 Å². The van der Waals surface area contributed by atoms with E-state index in [1.165, 1.54) is 0 Å². The summed E-state index contributed by atoms with van der Waals surface area (Å²) >= 11 is 5.46. The van der Waals surface area contributed by atoms with E-state index >= 15 is 0 Å². The number of nitrogens with one attached hydrogen (secondary N) is 1. The van der Waals surface area contributed by atoms with E-state index in [4.69, 9.17) is 27.7 Å². The molecule has 0 unspecified atom stereocenters. The smallest absolute Gasteiger partial charge is 0.203 e. The number of halogens is 1. The van der Waals surface area contributed by atoms with Crippen molar-refractivity contribution in [2.75, 3.05) is 19.8 Å². The number of guanidine groups is 1. The summed E-state index contributed by atoms with van der Waals surface area (Å²) < 4.78 is 6.08. The van der Waals surface area contributed by atoms with Gasteiger partial charge < -0.3 is 10.5 Å². The Bertz CT molecular complexity index is 109. The second-order valence-electron chi connectivity index (χ2n) is 1.67. The van der Waals surface area contributed by atoms with Crippen molar-refractivity contribution in [3.05, 3.63) is 0 Å². The summed E-state index contributed by atoms with van der Waals surface area (Å²) in [6, 6.07) is 0. The molecule has 0 saturated carbocycles. The van der Waals surface area contributed by atoms with E-state index in [1.54, 1.807) is 0 Å². The fraction of sp³-hybridized carbons (Fsp3) is 0.800. The third kappa shape index (κ3) is 4.40. The Morgan fingerprint density at radius 1 is 1.80 bits per heavy atom. The van der Waals surface area contributed by atoms with Crippen LogP contribution >= 0.6 is 11.8 Å². The van der Waals surface area contributed by atoms with Crippen molar-refractivity contribution in [3.63, 3.8) is 0 Å². The highest BCUT2D eigenvalue weighted by atomic mass is 35.5. The quantitative estimate of drug-likeness (QED) is 0.274. The first kappa shape index (κ1) is 9.52. The van der Waals surface area contributed by atoms with Crippen molar-refractivity contribution in [3.8, 4) is 0 Å². The Hall–Kier alpha value is -0.480. The fourth-order valence-corrected chi connectivity index (χ4v) is 0.478. The molecule has 0 aliphatic heterocycles. The molecule has 0 heterocycles. The average Bonchev–Trinajstić information content (AvgIpc) is 1.88. The predicted octanol–water partition coefficient (Wildman–Crippen LogP) is 0.372. The van der Waals surface area contributed by atoms with Crippen molar-refractivity contribution >= 4 is 17.7 Å². The Morgan fingerprint density at radius 3 is 2.80 bits per heavy atom. The van der Waals surface area contributed by atoms with Crippen LogP contribution in [0.5, 0.6) is 0 Å². The molecule has 4 nitrogen and oxygen atoms in total. The lowest BCUT2D eigenvalue weighted by Gasteiger charge is -2.11. The van der Waals surface area contributed by atoms with E-state index in [0.29, 0.717) is 19.8 Å². The highest BCUT2D eigenvalue weighted by Crippen LogP contribution is 1.90. The van der Waals surface area contributed by atoms with Gasteiger partial charge in [-0.2, -0.15) is 0 Å². The molecular formula is C5H12ClN3O. The molecule has 3 N–H and O–H groups in total. The highest BCUT2D eigenvalue weighted by molar-refractivity contribution is 6.21. The first-order valence-corrected chi connectivity index (χ1v) is 3.37. The lowest BCUT2D eigenvalue weighted by molar-refractivity contribution is 0.143. The van der Waals surface area contributed by atoms with Crippen molar-refractivity contribution in [1.29, 1.82) is 5.41 Å². The lowest BCUT2D eigenvalue weighted by atomic mass is 10.6. The van der Waals surface area contributed by atoms with Gasteiger partial charge in [0.2, 0.25) is 5.96 Å². The second-order valence-corrected chi connectivity index (χ2v) is 2.08. The number of nitrogens with two attached hydrogens (primary N) is 1. The molecule has 0 spiro atoms. The molecule has 10 heavy (non-hydrogen) atoms. The third-order valence-corrected chi connectivity index (χ3v) is 1.25. The maximum absolute atomic E-state index is 6.85. The Balaban J connectivity index is 3.21. The molecular weight excluding hydrogens is 154 g/mol. The minimum atomic E-state index is -0.152. The molecule has 0 amide bonds. The molecule has 5 heteroatoms. The molecule has 0 atom stereocenters. The Morgan fingerprint density at radius 2 is 2.40 bits per heavy atom. The van der Waals surface area contributed by atoms with E-state index < -0.39 is 0 Å². The molecule has 0 fully saturated rings.